The van der Waals surface area contributed by atoms with Gasteiger partial charge in [0.15, 0.2) is 0 Å². The fourth-order valence-corrected chi connectivity index (χ4v) is 4.33. The zero-order chi connectivity index (χ0) is 12.3. The third kappa shape index (κ3) is 6.36. The predicted molar refractivity (Wildman–Crippen MR) is 76.2 cm³/mol. The SMILES string of the molecule is CCCCCCC=CO[Si](CC)(CC)CC. The molecule has 16 heavy (non-hydrogen) atoms. The lowest BCUT2D eigenvalue weighted by Crippen LogP contribution is -2.33. The van der Waals surface area contributed by atoms with Gasteiger partial charge in [0.2, 0.25) is 8.32 Å². The maximum Gasteiger partial charge on any atom is 0.249 e. The first-order chi connectivity index (χ1) is 7.74. The number of hydrogen-bond donors (Lipinski definition) is 0. The summed E-state index contributed by atoms with van der Waals surface area (Å²) < 4.78 is 6.04. The van der Waals surface area contributed by atoms with Crippen LogP contribution in [0, 0.1) is 0 Å². The van der Waals surface area contributed by atoms with Crippen LogP contribution in [0.3, 0.4) is 0 Å². The number of unbranched alkanes of at least 4 members (excludes halogenated alkanes) is 4. The van der Waals surface area contributed by atoms with Crippen molar-refractivity contribution in [1.82, 2.24) is 0 Å². The highest BCUT2D eigenvalue weighted by atomic mass is 28.4. The van der Waals surface area contributed by atoms with Crippen molar-refractivity contribution < 1.29 is 4.43 Å². The molecule has 0 aliphatic rings. The van der Waals surface area contributed by atoms with Crippen molar-refractivity contribution in [2.45, 2.75) is 77.9 Å². The van der Waals surface area contributed by atoms with Crippen molar-refractivity contribution in [2.75, 3.05) is 0 Å². The van der Waals surface area contributed by atoms with Crippen LogP contribution >= 0.6 is 0 Å². The third-order valence-corrected chi connectivity index (χ3v) is 8.07. The van der Waals surface area contributed by atoms with Gasteiger partial charge in [-0.05, 0) is 31.0 Å². The molecule has 0 atom stereocenters. The normalized spacial score (nSPS) is 12.2. The maximum atomic E-state index is 6.04. The minimum Gasteiger partial charge on any atom is -0.549 e. The first kappa shape index (κ1) is 15.8. The van der Waals surface area contributed by atoms with E-state index in [2.05, 4.69) is 33.8 Å². The van der Waals surface area contributed by atoms with Gasteiger partial charge in [-0.2, -0.15) is 0 Å². The molecule has 0 aromatic rings. The van der Waals surface area contributed by atoms with Crippen molar-refractivity contribution in [2.24, 2.45) is 0 Å². The molecule has 0 spiro atoms. The summed E-state index contributed by atoms with van der Waals surface area (Å²) in [6.07, 6.45) is 10.8. The fourth-order valence-electron chi connectivity index (χ4n) is 1.95. The Kier molecular flexibility index (Phi) is 9.79. The van der Waals surface area contributed by atoms with E-state index in [1.807, 2.05) is 6.26 Å². The maximum absolute atomic E-state index is 6.04. The molecule has 0 saturated carbocycles. The van der Waals surface area contributed by atoms with Gasteiger partial charge < -0.3 is 4.43 Å². The highest BCUT2D eigenvalue weighted by molar-refractivity contribution is 6.73. The first-order valence-corrected chi connectivity index (χ1v) is 9.60. The van der Waals surface area contributed by atoms with Gasteiger partial charge in [0, 0.05) is 0 Å². The van der Waals surface area contributed by atoms with Gasteiger partial charge in [-0.3, -0.25) is 0 Å². The van der Waals surface area contributed by atoms with Gasteiger partial charge in [0.05, 0.1) is 6.26 Å². The Morgan fingerprint density at radius 1 is 0.875 bits per heavy atom. The van der Waals surface area contributed by atoms with E-state index in [1.165, 1.54) is 50.2 Å². The van der Waals surface area contributed by atoms with E-state index in [-0.39, 0.29) is 0 Å². The van der Waals surface area contributed by atoms with Gasteiger partial charge in [-0.15, -0.1) is 0 Å². The summed E-state index contributed by atoms with van der Waals surface area (Å²) in [5, 5.41) is 0. The summed E-state index contributed by atoms with van der Waals surface area (Å²) in [6, 6.07) is 3.71. The fraction of sp³-hybridized carbons (Fsp3) is 0.857. The molecule has 96 valence electrons. The molecule has 0 saturated heterocycles. The molecule has 2 heteroatoms. The topological polar surface area (TPSA) is 9.23 Å². The zero-order valence-corrected chi connectivity index (χ0v) is 12.7. The Morgan fingerprint density at radius 2 is 1.50 bits per heavy atom. The van der Waals surface area contributed by atoms with Crippen molar-refractivity contribution >= 4 is 8.32 Å². The average molecular weight is 242 g/mol. The van der Waals surface area contributed by atoms with E-state index >= 15 is 0 Å². The Morgan fingerprint density at radius 3 is 2.00 bits per heavy atom. The second-order valence-corrected chi connectivity index (χ2v) is 9.31. The second kappa shape index (κ2) is 9.95. The van der Waals surface area contributed by atoms with E-state index in [9.17, 15) is 0 Å². The second-order valence-electron chi connectivity index (χ2n) is 4.58. The van der Waals surface area contributed by atoms with Crippen LogP contribution in [0.15, 0.2) is 12.3 Å². The Balaban J connectivity index is 3.71. The number of hydrogen-bond acceptors (Lipinski definition) is 1. The van der Waals surface area contributed by atoms with Crippen LogP contribution in [0.5, 0.6) is 0 Å². The lowest BCUT2D eigenvalue weighted by Gasteiger charge is -2.26. The summed E-state index contributed by atoms with van der Waals surface area (Å²) >= 11 is 0. The van der Waals surface area contributed by atoms with Crippen LogP contribution in [0.2, 0.25) is 18.1 Å². The van der Waals surface area contributed by atoms with Gasteiger partial charge in [-0.1, -0.05) is 53.0 Å². The van der Waals surface area contributed by atoms with Crippen LogP contribution in [0.4, 0.5) is 0 Å². The average Bonchev–Trinajstić information content (AvgIpc) is 2.34. The van der Waals surface area contributed by atoms with Gasteiger partial charge >= 0.3 is 0 Å². The summed E-state index contributed by atoms with van der Waals surface area (Å²) in [5.41, 5.74) is 0. The molecule has 0 aliphatic heterocycles. The monoisotopic (exact) mass is 242 g/mol. The first-order valence-electron chi connectivity index (χ1n) is 7.07. The predicted octanol–water partition coefficient (Wildman–Crippen LogP) is 5.49. The van der Waals surface area contributed by atoms with Crippen molar-refractivity contribution in [3.8, 4) is 0 Å². The Hall–Kier alpha value is -0.243. The molecular weight excluding hydrogens is 212 g/mol. The molecule has 0 N–H and O–H groups in total. The molecule has 0 unspecified atom stereocenters. The largest absolute Gasteiger partial charge is 0.549 e. The van der Waals surface area contributed by atoms with Gasteiger partial charge in [0.25, 0.3) is 0 Å². The standard InChI is InChI=1S/C14H30OSi/c1-5-9-10-11-12-13-14-15-16(6-2,7-3)8-4/h13-14H,5-12H2,1-4H3. The molecule has 0 heterocycles. The molecule has 0 rings (SSSR count). The number of allylic oxidation sites excluding steroid dienone is 1. The summed E-state index contributed by atoms with van der Waals surface area (Å²) in [5.74, 6) is 0. The van der Waals surface area contributed by atoms with E-state index in [0.29, 0.717) is 0 Å². The highest BCUT2D eigenvalue weighted by Gasteiger charge is 2.28. The smallest absolute Gasteiger partial charge is 0.249 e. The summed E-state index contributed by atoms with van der Waals surface area (Å²) in [4.78, 5) is 0. The van der Waals surface area contributed by atoms with E-state index in [4.69, 9.17) is 4.43 Å². The van der Waals surface area contributed by atoms with Crippen LogP contribution in [-0.2, 0) is 4.43 Å². The van der Waals surface area contributed by atoms with E-state index in [0.717, 1.165) is 0 Å². The zero-order valence-electron chi connectivity index (χ0n) is 11.7. The lowest BCUT2D eigenvalue weighted by atomic mass is 10.2. The minimum absolute atomic E-state index is 1.18. The molecule has 0 aromatic heterocycles. The molecule has 0 amide bonds. The van der Waals surface area contributed by atoms with Gasteiger partial charge in [-0.25, -0.2) is 0 Å². The molecule has 0 bridgehead atoms. The molecule has 0 fully saturated rings. The lowest BCUT2D eigenvalue weighted by molar-refractivity contribution is 0.455. The summed E-state index contributed by atoms with van der Waals surface area (Å²) in [6.45, 7) is 9.07. The number of rotatable bonds is 10. The highest BCUT2D eigenvalue weighted by Crippen LogP contribution is 2.21. The van der Waals surface area contributed by atoms with Crippen LogP contribution in [0.1, 0.15) is 59.8 Å². The van der Waals surface area contributed by atoms with Crippen molar-refractivity contribution in [1.29, 1.82) is 0 Å². The molecule has 1 nitrogen and oxygen atoms in total. The molecular formula is C14H30OSi. The van der Waals surface area contributed by atoms with Gasteiger partial charge in [0.1, 0.15) is 0 Å². The molecule has 0 aromatic carbocycles. The Bertz CT molecular complexity index is 165. The quantitative estimate of drug-likeness (QED) is 0.279. The van der Waals surface area contributed by atoms with E-state index in [1.54, 1.807) is 0 Å². The minimum atomic E-state index is -1.38. The third-order valence-electron chi connectivity index (χ3n) is 3.57. The van der Waals surface area contributed by atoms with Crippen LogP contribution < -0.4 is 0 Å². The van der Waals surface area contributed by atoms with Crippen LogP contribution in [0.25, 0.3) is 0 Å². The molecule has 0 radical (unpaired) electrons. The molecule has 0 aliphatic carbocycles. The van der Waals surface area contributed by atoms with E-state index < -0.39 is 8.32 Å². The summed E-state index contributed by atoms with van der Waals surface area (Å²) in [7, 11) is -1.38. The van der Waals surface area contributed by atoms with Crippen molar-refractivity contribution in [3.05, 3.63) is 12.3 Å². The van der Waals surface area contributed by atoms with Crippen molar-refractivity contribution in [3.63, 3.8) is 0 Å². The Labute approximate surface area is 103 Å². The van der Waals surface area contributed by atoms with Crippen LogP contribution in [-0.4, -0.2) is 8.32 Å².